The number of nitrogens with one attached hydrogen (secondary N) is 1. The number of nitro benzene ring substituents is 1. The van der Waals surface area contributed by atoms with Crippen LogP contribution >= 0.6 is 0 Å². The van der Waals surface area contributed by atoms with Gasteiger partial charge in [0.25, 0.3) is 5.69 Å². The Balaban J connectivity index is 2.05. The SMILES string of the molecule is COc1ccc([N+](=O)[O-])c2c1CCN2C(=O)CNC(=O)CC[C@@H](N)C(=O)O. The van der Waals surface area contributed by atoms with Gasteiger partial charge < -0.3 is 25.8 Å². The van der Waals surface area contributed by atoms with E-state index >= 15 is 0 Å². The minimum Gasteiger partial charge on any atom is -0.496 e. The first kappa shape index (κ1) is 20.1. The fourth-order valence-corrected chi connectivity index (χ4v) is 2.84. The topological polar surface area (TPSA) is 165 Å². The third kappa shape index (κ3) is 4.50. The molecule has 0 radical (unpaired) electrons. The Morgan fingerprint density at radius 3 is 2.74 bits per heavy atom. The van der Waals surface area contributed by atoms with E-state index in [4.69, 9.17) is 15.6 Å². The molecule has 0 saturated carbocycles. The Morgan fingerprint density at radius 2 is 2.15 bits per heavy atom. The van der Waals surface area contributed by atoms with Gasteiger partial charge in [-0.2, -0.15) is 0 Å². The molecule has 146 valence electrons. The number of amides is 2. The average Bonchev–Trinajstić information content (AvgIpc) is 3.08. The van der Waals surface area contributed by atoms with Crippen LogP contribution in [0.4, 0.5) is 11.4 Å². The first-order valence-electron chi connectivity index (χ1n) is 8.16. The van der Waals surface area contributed by atoms with Crippen molar-refractivity contribution in [3.63, 3.8) is 0 Å². The van der Waals surface area contributed by atoms with E-state index in [9.17, 15) is 24.5 Å². The minimum absolute atomic E-state index is 0.0649. The van der Waals surface area contributed by atoms with Crippen LogP contribution in [0.5, 0.6) is 5.75 Å². The summed E-state index contributed by atoms with van der Waals surface area (Å²) in [5.74, 6) is -1.80. The number of carboxylic acids is 1. The number of rotatable bonds is 8. The van der Waals surface area contributed by atoms with E-state index in [1.165, 1.54) is 24.1 Å². The number of anilines is 1. The number of nitrogens with zero attached hydrogens (tertiary/aromatic N) is 2. The zero-order valence-corrected chi connectivity index (χ0v) is 14.6. The van der Waals surface area contributed by atoms with Crippen LogP contribution in [0.3, 0.4) is 0 Å². The molecule has 0 fully saturated rings. The zero-order valence-electron chi connectivity index (χ0n) is 14.6. The van der Waals surface area contributed by atoms with Gasteiger partial charge >= 0.3 is 5.97 Å². The monoisotopic (exact) mass is 380 g/mol. The van der Waals surface area contributed by atoms with E-state index in [2.05, 4.69) is 5.32 Å². The maximum Gasteiger partial charge on any atom is 0.320 e. The number of nitrogens with two attached hydrogens (primary N) is 1. The lowest BCUT2D eigenvalue weighted by molar-refractivity contribution is -0.384. The Hall–Kier alpha value is -3.21. The van der Waals surface area contributed by atoms with Crippen LogP contribution in [0, 0.1) is 10.1 Å². The molecule has 1 aliphatic rings. The smallest absolute Gasteiger partial charge is 0.320 e. The molecule has 0 spiro atoms. The fourth-order valence-electron chi connectivity index (χ4n) is 2.84. The Kier molecular flexibility index (Phi) is 6.29. The fraction of sp³-hybridized carbons (Fsp3) is 0.438. The van der Waals surface area contributed by atoms with Crippen molar-refractivity contribution in [2.24, 2.45) is 5.73 Å². The zero-order chi connectivity index (χ0) is 20.1. The molecule has 11 nitrogen and oxygen atoms in total. The maximum atomic E-state index is 12.5. The van der Waals surface area contributed by atoms with Gasteiger partial charge in [0.2, 0.25) is 11.8 Å². The first-order valence-corrected chi connectivity index (χ1v) is 8.16. The van der Waals surface area contributed by atoms with Crippen molar-refractivity contribution in [2.45, 2.75) is 25.3 Å². The molecule has 0 bridgehead atoms. The van der Waals surface area contributed by atoms with E-state index < -0.39 is 28.7 Å². The van der Waals surface area contributed by atoms with Gasteiger partial charge in [-0.1, -0.05) is 0 Å². The van der Waals surface area contributed by atoms with Gasteiger partial charge in [-0.15, -0.1) is 0 Å². The van der Waals surface area contributed by atoms with Crippen LogP contribution in [0.25, 0.3) is 0 Å². The number of methoxy groups -OCH3 is 1. The molecule has 11 heteroatoms. The Bertz CT molecular complexity index is 780. The lowest BCUT2D eigenvalue weighted by atomic mass is 10.1. The lowest BCUT2D eigenvalue weighted by Gasteiger charge is -2.18. The predicted molar refractivity (Wildman–Crippen MR) is 93.6 cm³/mol. The Labute approximate surface area is 154 Å². The van der Waals surface area contributed by atoms with Crippen molar-refractivity contribution in [1.29, 1.82) is 0 Å². The van der Waals surface area contributed by atoms with Crippen LogP contribution in [0.15, 0.2) is 12.1 Å². The van der Waals surface area contributed by atoms with Crippen molar-refractivity contribution in [3.05, 3.63) is 27.8 Å². The second-order valence-corrected chi connectivity index (χ2v) is 5.93. The van der Waals surface area contributed by atoms with Crippen molar-refractivity contribution >= 4 is 29.2 Å². The van der Waals surface area contributed by atoms with Gasteiger partial charge in [0, 0.05) is 24.6 Å². The van der Waals surface area contributed by atoms with Crippen molar-refractivity contribution < 1.29 is 29.2 Å². The molecule has 0 unspecified atom stereocenters. The third-order valence-corrected chi connectivity index (χ3v) is 4.23. The highest BCUT2D eigenvalue weighted by Gasteiger charge is 2.34. The van der Waals surface area contributed by atoms with Crippen LogP contribution in [0.1, 0.15) is 18.4 Å². The van der Waals surface area contributed by atoms with Crippen molar-refractivity contribution in [3.8, 4) is 5.75 Å². The Morgan fingerprint density at radius 1 is 1.44 bits per heavy atom. The standard InChI is InChI=1S/C16H20N4O7/c1-27-12-4-3-11(20(25)26)15-9(12)6-7-19(15)14(22)8-18-13(21)5-2-10(17)16(23)24/h3-4,10H,2,5-8,17H2,1H3,(H,18,21)(H,23,24)/t10-/m1/s1. The molecule has 1 aromatic rings. The highest BCUT2D eigenvalue weighted by molar-refractivity contribution is 6.01. The normalized spacial score (nSPS) is 13.6. The van der Waals surface area contributed by atoms with Gasteiger partial charge in [0.15, 0.2) is 0 Å². The number of carbonyl (C=O) groups excluding carboxylic acids is 2. The molecule has 2 rings (SSSR count). The van der Waals surface area contributed by atoms with E-state index in [-0.39, 0.29) is 37.3 Å². The molecule has 0 aliphatic carbocycles. The third-order valence-electron chi connectivity index (χ3n) is 4.23. The highest BCUT2D eigenvalue weighted by atomic mass is 16.6. The van der Waals surface area contributed by atoms with Crippen molar-refractivity contribution in [1.82, 2.24) is 5.32 Å². The number of nitro groups is 1. The number of carbonyl (C=O) groups is 3. The molecular formula is C16H20N4O7. The molecule has 1 aromatic carbocycles. The summed E-state index contributed by atoms with van der Waals surface area (Å²) in [7, 11) is 1.44. The molecule has 2 amide bonds. The van der Waals surface area contributed by atoms with Gasteiger partial charge in [0.05, 0.1) is 18.6 Å². The minimum atomic E-state index is -1.21. The number of fused-ring (bicyclic) bond motifs is 1. The van der Waals surface area contributed by atoms with Crippen LogP contribution < -0.4 is 20.7 Å². The van der Waals surface area contributed by atoms with Crippen molar-refractivity contribution in [2.75, 3.05) is 25.1 Å². The second kappa shape index (κ2) is 8.45. The van der Waals surface area contributed by atoms with E-state index in [1.807, 2.05) is 0 Å². The average molecular weight is 380 g/mol. The summed E-state index contributed by atoms with van der Waals surface area (Å²) in [6.07, 6.45) is 0.184. The summed E-state index contributed by atoms with van der Waals surface area (Å²) in [6, 6.07) is 1.60. The molecule has 1 heterocycles. The molecule has 1 aliphatic heterocycles. The number of ether oxygens (including phenoxy) is 1. The van der Waals surface area contributed by atoms with E-state index in [0.717, 1.165) is 0 Å². The van der Waals surface area contributed by atoms with Gasteiger partial charge in [-0.3, -0.25) is 24.5 Å². The van der Waals surface area contributed by atoms with Gasteiger partial charge in [-0.05, 0) is 18.9 Å². The first-order chi connectivity index (χ1) is 12.8. The summed E-state index contributed by atoms with van der Waals surface area (Å²) in [5, 5.41) is 22.4. The number of benzene rings is 1. The molecule has 27 heavy (non-hydrogen) atoms. The molecular weight excluding hydrogens is 360 g/mol. The van der Waals surface area contributed by atoms with Crippen LogP contribution in [-0.4, -0.2) is 54.1 Å². The van der Waals surface area contributed by atoms with E-state index in [1.54, 1.807) is 0 Å². The summed E-state index contributed by atoms with van der Waals surface area (Å²) in [4.78, 5) is 46.8. The number of carboxylic acid groups (broad SMARTS) is 1. The maximum absolute atomic E-state index is 12.5. The largest absolute Gasteiger partial charge is 0.496 e. The predicted octanol–water partition coefficient (Wildman–Crippen LogP) is -0.199. The molecule has 1 atom stereocenters. The molecule has 0 aromatic heterocycles. The summed E-state index contributed by atoms with van der Waals surface area (Å²) >= 11 is 0. The van der Waals surface area contributed by atoms with Gasteiger partial charge in [-0.25, -0.2) is 0 Å². The second-order valence-electron chi connectivity index (χ2n) is 5.93. The number of hydrogen-bond donors (Lipinski definition) is 3. The molecule has 4 N–H and O–H groups in total. The van der Waals surface area contributed by atoms with Crippen LogP contribution in [-0.2, 0) is 20.8 Å². The summed E-state index contributed by atoms with van der Waals surface area (Å²) < 4.78 is 5.20. The van der Waals surface area contributed by atoms with E-state index in [0.29, 0.717) is 17.7 Å². The van der Waals surface area contributed by atoms with Crippen LogP contribution in [0.2, 0.25) is 0 Å². The summed E-state index contributed by atoms with van der Waals surface area (Å²) in [5.41, 5.74) is 5.84. The summed E-state index contributed by atoms with van der Waals surface area (Å²) in [6.45, 7) is -0.135. The number of hydrogen-bond acceptors (Lipinski definition) is 7. The lowest BCUT2D eigenvalue weighted by Crippen LogP contribution is -2.40. The van der Waals surface area contributed by atoms with Gasteiger partial charge in [0.1, 0.15) is 17.5 Å². The molecule has 0 saturated heterocycles. The number of aliphatic carboxylic acids is 1. The highest BCUT2D eigenvalue weighted by Crippen LogP contribution is 2.42. The quantitative estimate of drug-likeness (QED) is 0.412.